The third kappa shape index (κ3) is 4.00. The van der Waals surface area contributed by atoms with Gasteiger partial charge in [-0.15, -0.1) is 11.3 Å². The first-order valence-corrected chi connectivity index (χ1v) is 8.01. The summed E-state index contributed by atoms with van der Waals surface area (Å²) in [5.41, 5.74) is 0.0237. The molecular formula is C15H15ClN2O4S. The van der Waals surface area contributed by atoms with E-state index < -0.39 is 4.92 Å². The Bertz CT molecular complexity index is 732. The molecule has 0 aliphatic heterocycles. The first-order chi connectivity index (χ1) is 11.0. The fraction of sp³-hybridized carbons (Fsp3) is 0.267. The van der Waals surface area contributed by atoms with E-state index in [4.69, 9.17) is 16.3 Å². The summed E-state index contributed by atoms with van der Waals surface area (Å²) in [5, 5.41) is 11.1. The molecule has 6 nitrogen and oxygen atoms in total. The molecule has 1 aromatic heterocycles. The molecule has 2 aromatic rings. The van der Waals surface area contributed by atoms with Gasteiger partial charge >= 0.3 is 5.69 Å². The van der Waals surface area contributed by atoms with E-state index in [9.17, 15) is 14.9 Å². The summed E-state index contributed by atoms with van der Waals surface area (Å²) in [6.07, 6.45) is 0. The number of nitro groups is 1. The Morgan fingerprint density at radius 3 is 2.65 bits per heavy atom. The van der Waals surface area contributed by atoms with Crippen molar-refractivity contribution in [1.82, 2.24) is 4.90 Å². The number of nitro benzene ring substituents is 1. The summed E-state index contributed by atoms with van der Waals surface area (Å²) in [6, 6.07) is 7.84. The summed E-state index contributed by atoms with van der Waals surface area (Å²) in [7, 11) is 1.35. The Hall–Kier alpha value is -2.12. The third-order valence-electron chi connectivity index (χ3n) is 3.27. The van der Waals surface area contributed by atoms with Gasteiger partial charge in [-0.3, -0.25) is 14.9 Å². The Kier molecular flexibility index (Phi) is 5.57. The highest BCUT2D eigenvalue weighted by Crippen LogP contribution is 2.28. The fourth-order valence-corrected chi connectivity index (χ4v) is 3.20. The summed E-state index contributed by atoms with van der Waals surface area (Å²) in [6.45, 7) is 2.74. The zero-order valence-electron chi connectivity index (χ0n) is 12.6. The lowest BCUT2D eigenvalue weighted by Crippen LogP contribution is -2.30. The van der Waals surface area contributed by atoms with Crippen LogP contribution in [0.25, 0.3) is 0 Å². The number of benzene rings is 1. The Morgan fingerprint density at radius 1 is 1.39 bits per heavy atom. The van der Waals surface area contributed by atoms with E-state index in [1.807, 2.05) is 13.0 Å². The molecule has 122 valence electrons. The molecule has 1 aromatic carbocycles. The Morgan fingerprint density at radius 2 is 2.13 bits per heavy atom. The van der Waals surface area contributed by atoms with Crippen molar-refractivity contribution >= 4 is 34.5 Å². The van der Waals surface area contributed by atoms with Gasteiger partial charge in [-0.2, -0.15) is 0 Å². The number of halogens is 1. The fourth-order valence-electron chi connectivity index (χ4n) is 2.10. The first kappa shape index (κ1) is 17.2. The maximum absolute atomic E-state index is 12.6. The molecule has 0 fully saturated rings. The van der Waals surface area contributed by atoms with Gasteiger partial charge in [-0.1, -0.05) is 11.6 Å². The monoisotopic (exact) mass is 354 g/mol. The lowest BCUT2D eigenvalue weighted by atomic mass is 10.1. The van der Waals surface area contributed by atoms with Crippen LogP contribution in [-0.4, -0.2) is 29.4 Å². The van der Waals surface area contributed by atoms with Gasteiger partial charge in [0, 0.05) is 23.1 Å². The van der Waals surface area contributed by atoms with E-state index in [-0.39, 0.29) is 22.9 Å². The second-order valence-corrected chi connectivity index (χ2v) is 6.47. The number of methoxy groups -OCH3 is 1. The number of hydrogen-bond acceptors (Lipinski definition) is 5. The minimum atomic E-state index is -0.565. The average molecular weight is 355 g/mol. The highest BCUT2D eigenvalue weighted by molar-refractivity contribution is 7.16. The van der Waals surface area contributed by atoms with Gasteiger partial charge in [0.2, 0.25) is 0 Å². The molecule has 0 aliphatic carbocycles. The predicted octanol–water partition coefficient (Wildman–Crippen LogP) is 3.98. The topological polar surface area (TPSA) is 72.7 Å². The van der Waals surface area contributed by atoms with Crippen LogP contribution in [0, 0.1) is 10.1 Å². The van der Waals surface area contributed by atoms with Gasteiger partial charge < -0.3 is 9.64 Å². The SMILES string of the molecule is CCN(Cc1ccc(Cl)s1)C(=O)c1ccc(OC)c([N+](=O)[O-])c1. The smallest absolute Gasteiger partial charge is 0.311 e. The van der Waals surface area contributed by atoms with Crippen LogP contribution >= 0.6 is 22.9 Å². The van der Waals surface area contributed by atoms with Crippen molar-refractivity contribution in [3.05, 3.63) is 55.2 Å². The van der Waals surface area contributed by atoms with Crippen LogP contribution in [0.3, 0.4) is 0 Å². The maximum Gasteiger partial charge on any atom is 0.311 e. The molecule has 0 radical (unpaired) electrons. The van der Waals surface area contributed by atoms with E-state index in [1.54, 1.807) is 11.0 Å². The standard InChI is InChI=1S/C15H15ClN2O4S/c1-3-17(9-11-5-7-14(16)23-11)15(19)10-4-6-13(22-2)12(8-10)18(20)21/h4-8H,3,9H2,1-2H3. The van der Waals surface area contributed by atoms with Crippen LogP contribution in [0.5, 0.6) is 5.75 Å². The number of nitrogens with zero attached hydrogens (tertiary/aromatic N) is 2. The van der Waals surface area contributed by atoms with Crippen LogP contribution in [0.2, 0.25) is 4.34 Å². The third-order valence-corrected chi connectivity index (χ3v) is 4.48. The molecule has 23 heavy (non-hydrogen) atoms. The predicted molar refractivity (Wildman–Crippen MR) is 89.4 cm³/mol. The number of ether oxygens (including phenoxy) is 1. The van der Waals surface area contributed by atoms with Gasteiger partial charge in [-0.25, -0.2) is 0 Å². The molecule has 0 atom stereocenters. The summed E-state index contributed by atoms with van der Waals surface area (Å²) in [4.78, 5) is 25.7. The molecular weight excluding hydrogens is 340 g/mol. The molecule has 0 saturated heterocycles. The van der Waals surface area contributed by atoms with Crippen LogP contribution in [0.1, 0.15) is 22.2 Å². The van der Waals surface area contributed by atoms with Gasteiger partial charge in [0.25, 0.3) is 5.91 Å². The van der Waals surface area contributed by atoms with Gasteiger partial charge in [-0.05, 0) is 31.2 Å². The number of carbonyl (C=O) groups excluding carboxylic acids is 1. The number of amides is 1. The van der Waals surface area contributed by atoms with Crippen molar-refractivity contribution in [2.24, 2.45) is 0 Å². The van der Waals surface area contributed by atoms with Crippen molar-refractivity contribution < 1.29 is 14.5 Å². The molecule has 0 N–H and O–H groups in total. The minimum Gasteiger partial charge on any atom is -0.490 e. The number of thiophene rings is 1. The van der Waals surface area contributed by atoms with Crippen molar-refractivity contribution in [2.75, 3.05) is 13.7 Å². The molecule has 0 bridgehead atoms. The van der Waals surface area contributed by atoms with Crippen molar-refractivity contribution in [2.45, 2.75) is 13.5 Å². The van der Waals surface area contributed by atoms with Crippen LogP contribution in [-0.2, 0) is 6.54 Å². The molecule has 2 rings (SSSR count). The lowest BCUT2D eigenvalue weighted by Gasteiger charge is -2.20. The van der Waals surface area contributed by atoms with E-state index >= 15 is 0 Å². The van der Waals surface area contributed by atoms with Gasteiger partial charge in [0.15, 0.2) is 5.75 Å². The molecule has 0 spiro atoms. The summed E-state index contributed by atoms with van der Waals surface area (Å²) in [5.74, 6) is -0.151. The molecule has 0 unspecified atom stereocenters. The number of hydrogen-bond donors (Lipinski definition) is 0. The van der Waals surface area contributed by atoms with E-state index in [1.165, 1.54) is 36.6 Å². The maximum atomic E-state index is 12.6. The number of carbonyl (C=O) groups is 1. The second-order valence-electron chi connectivity index (χ2n) is 4.67. The Balaban J connectivity index is 2.26. The highest BCUT2D eigenvalue weighted by atomic mass is 35.5. The first-order valence-electron chi connectivity index (χ1n) is 6.82. The van der Waals surface area contributed by atoms with Crippen LogP contribution in [0.4, 0.5) is 5.69 Å². The van der Waals surface area contributed by atoms with Gasteiger partial charge in [0.1, 0.15) is 0 Å². The normalized spacial score (nSPS) is 10.4. The van der Waals surface area contributed by atoms with Crippen molar-refractivity contribution in [1.29, 1.82) is 0 Å². The molecule has 1 amide bonds. The number of rotatable bonds is 6. The molecule has 0 aliphatic rings. The zero-order valence-corrected chi connectivity index (χ0v) is 14.2. The average Bonchev–Trinajstić information content (AvgIpc) is 2.96. The highest BCUT2D eigenvalue weighted by Gasteiger charge is 2.21. The van der Waals surface area contributed by atoms with E-state index in [0.29, 0.717) is 17.4 Å². The quantitative estimate of drug-likeness (QED) is 0.581. The Labute approximate surface area is 142 Å². The van der Waals surface area contributed by atoms with Crippen LogP contribution in [0.15, 0.2) is 30.3 Å². The second kappa shape index (κ2) is 7.43. The van der Waals surface area contributed by atoms with Crippen molar-refractivity contribution in [3.8, 4) is 5.75 Å². The zero-order chi connectivity index (χ0) is 17.0. The molecule has 1 heterocycles. The minimum absolute atomic E-state index is 0.125. The van der Waals surface area contributed by atoms with E-state index in [2.05, 4.69) is 0 Å². The largest absolute Gasteiger partial charge is 0.490 e. The van der Waals surface area contributed by atoms with Crippen molar-refractivity contribution in [3.63, 3.8) is 0 Å². The lowest BCUT2D eigenvalue weighted by molar-refractivity contribution is -0.385. The molecule has 8 heteroatoms. The summed E-state index contributed by atoms with van der Waals surface area (Å²) < 4.78 is 5.60. The van der Waals surface area contributed by atoms with Crippen LogP contribution < -0.4 is 4.74 Å². The van der Waals surface area contributed by atoms with Gasteiger partial charge in [0.05, 0.1) is 22.9 Å². The van der Waals surface area contributed by atoms with E-state index in [0.717, 1.165) is 4.88 Å². The molecule has 0 saturated carbocycles. The summed E-state index contributed by atoms with van der Waals surface area (Å²) >= 11 is 7.30.